The van der Waals surface area contributed by atoms with Crippen LogP contribution in [0, 0.1) is 17.5 Å². The summed E-state index contributed by atoms with van der Waals surface area (Å²) in [5.41, 5.74) is 1.52. The van der Waals surface area contributed by atoms with E-state index in [1.54, 1.807) is 18.2 Å². The van der Waals surface area contributed by atoms with Crippen LogP contribution in [0.2, 0.25) is 0 Å². The maximum absolute atomic E-state index is 13.3. The highest BCUT2D eigenvalue weighted by molar-refractivity contribution is 9.10. The molecule has 0 aliphatic carbocycles. The van der Waals surface area contributed by atoms with E-state index in [0.29, 0.717) is 15.9 Å². The van der Waals surface area contributed by atoms with Crippen LogP contribution in [0.1, 0.15) is 0 Å². The van der Waals surface area contributed by atoms with Crippen molar-refractivity contribution in [3.8, 4) is 16.9 Å². The van der Waals surface area contributed by atoms with Gasteiger partial charge in [-0.3, -0.25) is 0 Å². The van der Waals surface area contributed by atoms with Crippen LogP contribution in [0.15, 0.2) is 53.1 Å². The van der Waals surface area contributed by atoms with Crippen LogP contribution in [0.25, 0.3) is 16.9 Å². The summed E-state index contributed by atoms with van der Waals surface area (Å²) in [4.78, 5) is 0. The van der Waals surface area contributed by atoms with Gasteiger partial charge in [-0.15, -0.1) is 0 Å². The lowest BCUT2D eigenvalue weighted by atomic mass is 10.1. The van der Waals surface area contributed by atoms with Crippen LogP contribution in [0.5, 0.6) is 0 Å². The molecule has 21 heavy (non-hydrogen) atoms. The van der Waals surface area contributed by atoms with E-state index in [1.165, 1.54) is 28.9 Å². The Labute approximate surface area is 127 Å². The van der Waals surface area contributed by atoms with Gasteiger partial charge in [0.25, 0.3) is 0 Å². The van der Waals surface area contributed by atoms with Gasteiger partial charge in [0, 0.05) is 11.6 Å². The van der Waals surface area contributed by atoms with E-state index >= 15 is 0 Å². The molecule has 0 spiro atoms. The van der Waals surface area contributed by atoms with Gasteiger partial charge in [0.15, 0.2) is 0 Å². The van der Waals surface area contributed by atoms with E-state index in [9.17, 15) is 13.2 Å². The fraction of sp³-hybridized carbons (Fsp3) is 0. The highest BCUT2D eigenvalue weighted by atomic mass is 79.9. The number of hydrogen-bond donors (Lipinski definition) is 0. The van der Waals surface area contributed by atoms with E-state index in [-0.39, 0.29) is 11.5 Å². The zero-order valence-corrected chi connectivity index (χ0v) is 12.1. The molecule has 6 heteroatoms. The lowest BCUT2D eigenvalue weighted by Crippen LogP contribution is -1.98. The Morgan fingerprint density at radius 1 is 0.810 bits per heavy atom. The van der Waals surface area contributed by atoms with E-state index in [0.717, 1.165) is 6.07 Å². The van der Waals surface area contributed by atoms with E-state index in [1.807, 2.05) is 0 Å². The molecule has 2 aromatic carbocycles. The van der Waals surface area contributed by atoms with Gasteiger partial charge in [0.2, 0.25) is 0 Å². The van der Waals surface area contributed by atoms with Crippen LogP contribution >= 0.6 is 15.9 Å². The van der Waals surface area contributed by atoms with Crippen molar-refractivity contribution >= 4 is 15.9 Å². The Hall–Kier alpha value is -2.08. The first-order valence-electron chi connectivity index (χ1n) is 6.01. The Morgan fingerprint density at radius 3 is 2.05 bits per heavy atom. The van der Waals surface area contributed by atoms with Crippen LogP contribution < -0.4 is 0 Å². The molecule has 2 nitrogen and oxygen atoms in total. The molecule has 3 aromatic rings. The zero-order chi connectivity index (χ0) is 15.0. The van der Waals surface area contributed by atoms with Crippen molar-refractivity contribution in [1.29, 1.82) is 0 Å². The molecule has 0 amide bonds. The molecule has 0 saturated carbocycles. The van der Waals surface area contributed by atoms with E-state index in [4.69, 9.17) is 0 Å². The third-order valence-electron chi connectivity index (χ3n) is 2.90. The topological polar surface area (TPSA) is 17.8 Å². The van der Waals surface area contributed by atoms with Crippen molar-refractivity contribution in [2.75, 3.05) is 0 Å². The SMILES string of the molecule is Fc1ccc(-c2cc(Br)n(-c3cc(F)cc(F)c3)n2)cc1. The first-order valence-corrected chi connectivity index (χ1v) is 6.80. The number of aromatic nitrogens is 2. The molecule has 0 unspecified atom stereocenters. The highest BCUT2D eigenvalue weighted by Gasteiger charge is 2.11. The molecule has 0 fully saturated rings. The number of nitrogens with zero attached hydrogens (tertiary/aromatic N) is 2. The minimum atomic E-state index is -0.685. The zero-order valence-electron chi connectivity index (χ0n) is 10.5. The normalized spacial score (nSPS) is 10.9. The fourth-order valence-corrected chi connectivity index (χ4v) is 2.46. The molecule has 106 valence electrons. The average Bonchev–Trinajstić information content (AvgIpc) is 2.80. The van der Waals surface area contributed by atoms with Crippen molar-refractivity contribution in [2.24, 2.45) is 0 Å². The Morgan fingerprint density at radius 2 is 1.43 bits per heavy atom. The minimum absolute atomic E-state index is 0.257. The van der Waals surface area contributed by atoms with Crippen molar-refractivity contribution < 1.29 is 13.2 Å². The molecule has 0 bridgehead atoms. The van der Waals surface area contributed by atoms with Gasteiger partial charge in [0.05, 0.1) is 11.4 Å². The molecular weight excluding hydrogens is 345 g/mol. The van der Waals surface area contributed by atoms with Crippen molar-refractivity contribution in [2.45, 2.75) is 0 Å². The first-order chi connectivity index (χ1) is 10.0. The fourth-order valence-electron chi connectivity index (χ4n) is 1.96. The molecule has 0 saturated heterocycles. The third kappa shape index (κ3) is 2.85. The number of benzene rings is 2. The largest absolute Gasteiger partial charge is 0.226 e. The van der Waals surface area contributed by atoms with Crippen molar-refractivity contribution in [3.05, 3.63) is 70.6 Å². The second-order valence-electron chi connectivity index (χ2n) is 4.40. The number of halogens is 4. The van der Waals surface area contributed by atoms with Crippen LogP contribution in [0.4, 0.5) is 13.2 Å². The van der Waals surface area contributed by atoms with E-state index in [2.05, 4.69) is 21.0 Å². The minimum Gasteiger partial charge on any atom is -0.226 e. The maximum atomic E-state index is 13.3. The predicted molar refractivity (Wildman–Crippen MR) is 76.6 cm³/mol. The Kier molecular flexibility index (Phi) is 3.55. The predicted octanol–water partition coefficient (Wildman–Crippen LogP) is 4.72. The lowest BCUT2D eigenvalue weighted by molar-refractivity contribution is 0.580. The summed E-state index contributed by atoms with van der Waals surface area (Å²) in [5.74, 6) is -1.71. The van der Waals surface area contributed by atoms with Gasteiger partial charge in [-0.05, 0) is 58.4 Å². The monoisotopic (exact) mass is 352 g/mol. The Bertz CT molecular complexity index is 777. The first kappa shape index (κ1) is 13.9. The second-order valence-corrected chi connectivity index (χ2v) is 5.21. The molecule has 0 aliphatic heterocycles. The highest BCUT2D eigenvalue weighted by Crippen LogP contribution is 2.25. The second kappa shape index (κ2) is 5.37. The van der Waals surface area contributed by atoms with Gasteiger partial charge in [0.1, 0.15) is 22.1 Å². The van der Waals surface area contributed by atoms with Crippen LogP contribution in [0.3, 0.4) is 0 Å². The van der Waals surface area contributed by atoms with Crippen molar-refractivity contribution in [1.82, 2.24) is 9.78 Å². The summed E-state index contributed by atoms with van der Waals surface area (Å²) in [7, 11) is 0. The summed E-state index contributed by atoms with van der Waals surface area (Å²) in [6, 6.07) is 10.7. The molecule has 3 rings (SSSR count). The lowest BCUT2D eigenvalue weighted by Gasteiger charge is -2.03. The van der Waals surface area contributed by atoms with Gasteiger partial charge in [-0.25, -0.2) is 17.9 Å². The summed E-state index contributed by atoms with van der Waals surface area (Å²) < 4.78 is 41.4. The molecular formula is C15H8BrF3N2. The maximum Gasteiger partial charge on any atom is 0.128 e. The number of rotatable bonds is 2. The van der Waals surface area contributed by atoms with E-state index < -0.39 is 11.6 Å². The standard InChI is InChI=1S/C15H8BrF3N2/c16-15-8-14(9-1-3-10(17)4-2-9)20-21(15)13-6-11(18)5-12(19)7-13/h1-8H. The third-order valence-corrected chi connectivity index (χ3v) is 3.46. The number of hydrogen-bond acceptors (Lipinski definition) is 1. The molecule has 0 N–H and O–H groups in total. The summed E-state index contributed by atoms with van der Waals surface area (Å²) in [6.07, 6.45) is 0. The molecule has 0 atom stereocenters. The summed E-state index contributed by atoms with van der Waals surface area (Å²) >= 11 is 3.30. The molecule has 1 heterocycles. The van der Waals surface area contributed by atoms with Crippen LogP contribution in [-0.2, 0) is 0 Å². The molecule has 1 aromatic heterocycles. The van der Waals surface area contributed by atoms with Crippen molar-refractivity contribution in [3.63, 3.8) is 0 Å². The summed E-state index contributed by atoms with van der Waals surface area (Å²) in [5, 5.41) is 4.28. The molecule has 0 radical (unpaired) electrons. The van der Waals surface area contributed by atoms with Crippen LogP contribution in [-0.4, -0.2) is 9.78 Å². The van der Waals surface area contributed by atoms with Gasteiger partial charge in [-0.2, -0.15) is 5.10 Å². The average molecular weight is 353 g/mol. The van der Waals surface area contributed by atoms with Gasteiger partial charge in [-0.1, -0.05) is 0 Å². The summed E-state index contributed by atoms with van der Waals surface area (Å²) in [6.45, 7) is 0. The van der Waals surface area contributed by atoms with Gasteiger partial charge >= 0.3 is 0 Å². The quantitative estimate of drug-likeness (QED) is 0.652. The van der Waals surface area contributed by atoms with Gasteiger partial charge < -0.3 is 0 Å². The smallest absolute Gasteiger partial charge is 0.128 e. The molecule has 0 aliphatic rings. The Balaban J connectivity index is 2.07.